The van der Waals surface area contributed by atoms with Gasteiger partial charge >= 0.3 is 0 Å². The molecule has 1 saturated heterocycles. The third-order valence-corrected chi connectivity index (χ3v) is 4.80. The van der Waals surface area contributed by atoms with E-state index < -0.39 is 0 Å². The van der Waals surface area contributed by atoms with Crippen molar-refractivity contribution in [1.29, 1.82) is 0 Å². The van der Waals surface area contributed by atoms with Crippen molar-refractivity contribution < 1.29 is 4.52 Å². The van der Waals surface area contributed by atoms with Crippen LogP contribution in [0.25, 0.3) is 0 Å². The van der Waals surface area contributed by atoms with Crippen LogP contribution in [0.1, 0.15) is 22.6 Å². The average molecular weight is 313 g/mol. The molecule has 7 heteroatoms. The van der Waals surface area contributed by atoms with Crippen LogP contribution in [0.2, 0.25) is 4.34 Å². The number of thiophene rings is 1. The van der Waals surface area contributed by atoms with Crippen molar-refractivity contribution in [3.63, 3.8) is 0 Å². The topological polar surface area (TPSA) is 54.2 Å². The summed E-state index contributed by atoms with van der Waals surface area (Å²) in [6, 6.07) is 4.17. The Bertz CT molecular complexity index is 570. The van der Waals surface area contributed by atoms with E-state index in [2.05, 4.69) is 27.4 Å². The zero-order valence-corrected chi connectivity index (χ0v) is 12.9. The van der Waals surface area contributed by atoms with Gasteiger partial charge in [-0.3, -0.25) is 4.90 Å². The van der Waals surface area contributed by atoms with E-state index in [0.29, 0.717) is 5.89 Å². The van der Waals surface area contributed by atoms with Gasteiger partial charge in [0, 0.05) is 30.9 Å². The summed E-state index contributed by atoms with van der Waals surface area (Å²) in [5.74, 6) is 1.47. The lowest BCUT2D eigenvalue weighted by Crippen LogP contribution is -2.44. The molecule has 1 unspecified atom stereocenters. The Kier molecular flexibility index (Phi) is 4.35. The van der Waals surface area contributed by atoms with Crippen molar-refractivity contribution in [1.82, 2.24) is 20.4 Å². The molecule has 1 aliphatic heterocycles. The second kappa shape index (κ2) is 6.22. The van der Waals surface area contributed by atoms with Crippen LogP contribution in [-0.2, 0) is 12.8 Å². The summed E-state index contributed by atoms with van der Waals surface area (Å²) in [5.41, 5.74) is 0. The molecule has 2 aromatic heterocycles. The molecule has 0 aromatic carbocycles. The first-order valence-corrected chi connectivity index (χ1v) is 7.89. The van der Waals surface area contributed by atoms with Gasteiger partial charge in [-0.1, -0.05) is 16.8 Å². The van der Waals surface area contributed by atoms with E-state index in [0.717, 1.165) is 42.6 Å². The first kappa shape index (κ1) is 14.0. The lowest BCUT2D eigenvalue weighted by molar-refractivity contribution is 0.190. The molecule has 1 atom stereocenters. The number of likely N-dealkylation sites (N-methyl/N-ethyl adjacent to an activating group) is 1. The normalized spacial score (nSPS) is 20.4. The van der Waals surface area contributed by atoms with E-state index in [1.165, 1.54) is 4.88 Å². The smallest absolute Gasteiger partial charge is 0.227 e. The molecule has 3 heterocycles. The minimum atomic E-state index is 0.206. The third-order valence-electron chi connectivity index (χ3n) is 3.51. The van der Waals surface area contributed by atoms with Gasteiger partial charge in [-0.15, -0.1) is 11.3 Å². The lowest BCUT2D eigenvalue weighted by atomic mass is 10.2. The third kappa shape index (κ3) is 3.20. The van der Waals surface area contributed by atoms with Crippen LogP contribution < -0.4 is 5.32 Å². The second-order valence-corrected chi connectivity index (χ2v) is 6.75. The summed E-state index contributed by atoms with van der Waals surface area (Å²) in [6.07, 6.45) is 1.64. The first-order chi connectivity index (χ1) is 9.72. The van der Waals surface area contributed by atoms with Crippen LogP contribution in [0.4, 0.5) is 0 Å². The maximum atomic E-state index is 5.92. The van der Waals surface area contributed by atoms with Crippen molar-refractivity contribution in [3.8, 4) is 0 Å². The number of rotatable bonds is 4. The SMILES string of the molecule is CN1CCNCC1c1noc(CCc2ccc(Cl)s2)n1. The Morgan fingerprint density at radius 3 is 3.15 bits per heavy atom. The number of aryl methyl sites for hydroxylation is 2. The minimum Gasteiger partial charge on any atom is -0.339 e. The number of hydrogen-bond acceptors (Lipinski definition) is 6. The number of aromatic nitrogens is 2. The summed E-state index contributed by atoms with van der Waals surface area (Å²) in [5, 5.41) is 7.47. The van der Waals surface area contributed by atoms with Crippen molar-refractivity contribution in [3.05, 3.63) is 33.1 Å². The highest BCUT2D eigenvalue weighted by molar-refractivity contribution is 7.16. The maximum absolute atomic E-state index is 5.92. The summed E-state index contributed by atoms with van der Waals surface area (Å²) in [4.78, 5) is 8.01. The Balaban J connectivity index is 1.61. The van der Waals surface area contributed by atoms with Crippen LogP contribution in [0.3, 0.4) is 0 Å². The zero-order chi connectivity index (χ0) is 13.9. The monoisotopic (exact) mass is 312 g/mol. The fraction of sp³-hybridized carbons (Fsp3) is 0.538. The molecule has 5 nitrogen and oxygen atoms in total. The van der Waals surface area contributed by atoms with Gasteiger partial charge in [-0.05, 0) is 25.6 Å². The lowest BCUT2D eigenvalue weighted by Gasteiger charge is -2.30. The van der Waals surface area contributed by atoms with Crippen molar-refractivity contribution >= 4 is 22.9 Å². The number of nitrogens with one attached hydrogen (secondary N) is 1. The Morgan fingerprint density at radius 1 is 1.50 bits per heavy atom. The van der Waals surface area contributed by atoms with Gasteiger partial charge in [0.1, 0.15) is 0 Å². The molecule has 20 heavy (non-hydrogen) atoms. The van der Waals surface area contributed by atoms with E-state index >= 15 is 0 Å². The fourth-order valence-electron chi connectivity index (χ4n) is 2.32. The largest absolute Gasteiger partial charge is 0.339 e. The number of hydrogen-bond donors (Lipinski definition) is 1. The van der Waals surface area contributed by atoms with Gasteiger partial charge in [0.2, 0.25) is 5.89 Å². The summed E-state index contributed by atoms with van der Waals surface area (Å²) >= 11 is 7.52. The molecule has 0 spiro atoms. The molecular weight excluding hydrogens is 296 g/mol. The molecule has 1 aliphatic rings. The highest BCUT2D eigenvalue weighted by atomic mass is 35.5. The molecule has 0 bridgehead atoms. The summed E-state index contributed by atoms with van der Waals surface area (Å²) < 4.78 is 6.17. The van der Waals surface area contributed by atoms with Gasteiger partial charge in [0.25, 0.3) is 0 Å². The molecule has 2 aromatic rings. The number of nitrogens with zero attached hydrogens (tertiary/aromatic N) is 3. The molecule has 1 N–H and O–H groups in total. The van der Waals surface area contributed by atoms with E-state index in [-0.39, 0.29) is 6.04 Å². The molecule has 0 aliphatic carbocycles. The van der Waals surface area contributed by atoms with Gasteiger partial charge in [-0.25, -0.2) is 0 Å². The Hall–Kier alpha value is -0.950. The van der Waals surface area contributed by atoms with E-state index in [1.807, 2.05) is 12.1 Å². The molecule has 0 saturated carbocycles. The average Bonchev–Trinajstić information content (AvgIpc) is 3.06. The molecule has 0 amide bonds. The number of halogens is 1. The quantitative estimate of drug-likeness (QED) is 0.937. The van der Waals surface area contributed by atoms with E-state index in [1.54, 1.807) is 11.3 Å². The molecule has 1 fully saturated rings. The first-order valence-electron chi connectivity index (χ1n) is 6.70. The van der Waals surface area contributed by atoms with Crippen molar-refractivity contribution in [2.45, 2.75) is 18.9 Å². The van der Waals surface area contributed by atoms with Crippen molar-refractivity contribution in [2.75, 3.05) is 26.7 Å². The molecule has 3 rings (SSSR count). The van der Waals surface area contributed by atoms with E-state index in [4.69, 9.17) is 16.1 Å². The highest BCUT2D eigenvalue weighted by Gasteiger charge is 2.25. The van der Waals surface area contributed by atoms with Crippen LogP contribution in [0.15, 0.2) is 16.7 Å². The molecule has 108 valence electrons. The van der Waals surface area contributed by atoms with Gasteiger partial charge in [-0.2, -0.15) is 4.98 Å². The fourth-order valence-corrected chi connectivity index (χ4v) is 3.40. The van der Waals surface area contributed by atoms with E-state index in [9.17, 15) is 0 Å². The maximum Gasteiger partial charge on any atom is 0.227 e. The van der Waals surface area contributed by atoms with Gasteiger partial charge in [0.15, 0.2) is 5.82 Å². The second-order valence-electron chi connectivity index (χ2n) is 4.95. The summed E-state index contributed by atoms with van der Waals surface area (Å²) in [7, 11) is 2.09. The van der Waals surface area contributed by atoms with Crippen LogP contribution >= 0.6 is 22.9 Å². The molecular formula is C13H17ClN4OS. The predicted molar refractivity (Wildman–Crippen MR) is 79.3 cm³/mol. The van der Waals surface area contributed by atoms with Crippen molar-refractivity contribution in [2.24, 2.45) is 0 Å². The van der Waals surface area contributed by atoms with Crippen LogP contribution in [0, 0.1) is 0 Å². The Morgan fingerprint density at radius 2 is 2.40 bits per heavy atom. The zero-order valence-electron chi connectivity index (χ0n) is 11.3. The minimum absolute atomic E-state index is 0.206. The Labute approximate surface area is 126 Å². The predicted octanol–water partition coefficient (Wildman–Crippen LogP) is 2.15. The summed E-state index contributed by atoms with van der Waals surface area (Å²) in [6.45, 7) is 2.88. The van der Waals surface area contributed by atoms with Crippen LogP contribution in [0.5, 0.6) is 0 Å². The van der Waals surface area contributed by atoms with Crippen LogP contribution in [-0.4, -0.2) is 41.7 Å². The number of piperazine rings is 1. The van der Waals surface area contributed by atoms with Gasteiger partial charge in [0.05, 0.1) is 10.4 Å². The highest BCUT2D eigenvalue weighted by Crippen LogP contribution is 2.23. The standard InChI is InChI=1S/C13H17ClN4OS/c1-18-7-6-15-8-10(18)13-16-12(19-17-13)5-3-9-2-4-11(14)20-9/h2,4,10,15H,3,5-8H2,1H3. The molecule has 0 radical (unpaired) electrons. The van der Waals surface area contributed by atoms with Gasteiger partial charge < -0.3 is 9.84 Å².